The van der Waals surface area contributed by atoms with Gasteiger partial charge in [0.15, 0.2) is 17.5 Å². The largest absolute Gasteiger partial charge is 0.493 e. The Labute approximate surface area is 114 Å². The minimum atomic E-state index is 0.401. The van der Waals surface area contributed by atoms with Crippen LogP contribution in [0.3, 0.4) is 0 Å². The van der Waals surface area contributed by atoms with Gasteiger partial charge < -0.3 is 24.4 Å². The fourth-order valence-corrected chi connectivity index (χ4v) is 2.83. The molecule has 0 bridgehead atoms. The highest BCUT2D eigenvalue weighted by Gasteiger charge is 2.34. The van der Waals surface area contributed by atoms with Crippen LogP contribution in [-0.4, -0.2) is 42.0 Å². The van der Waals surface area contributed by atoms with Crippen molar-refractivity contribution in [1.29, 1.82) is 0 Å². The van der Waals surface area contributed by atoms with Gasteiger partial charge in [-0.3, -0.25) is 0 Å². The lowest BCUT2D eigenvalue weighted by Crippen LogP contribution is -3.10. The van der Waals surface area contributed by atoms with Gasteiger partial charge in [0, 0.05) is 5.56 Å². The van der Waals surface area contributed by atoms with E-state index in [1.165, 1.54) is 16.0 Å². The van der Waals surface area contributed by atoms with Crippen LogP contribution in [0.1, 0.15) is 17.2 Å². The number of hydrogen-bond acceptors (Lipinski definition) is 3. The molecule has 1 aliphatic rings. The highest BCUT2D eigenvalue weighted by Crippen LogP contribution is 2.44. The molecule has 1 heterocycles. The number of likely N-dealkylation sites (N-methyl/N-ethyl adjacent to an activating group) is 1. The Kier molecular flexibility index (Phi) is 4.17. The number of nitrogens with two attached hydrogens (primary N) is 1. The molecule has 0 radical (unpaired) electrons. The van der Waals surface area contributed by atoms with E-state index in [-0.39, 0.29) is 0 Å². The maximum absolute atomic E-state index is 5.63. The third kappa shape index (κ3) is 2.35. The van der Waals surface area contributed by atoms with Gasteiger partial charge in [0.2, 0.25) is 5.75 Å². The lowest BCUT2D eigenvalue weighted by molar-refractivity contribution is -0.912. The number of fused-ring (bicyclic) bond motifs is 1. The van der Waals surface area contributed by atoms with Crippen LogP contribution >= 0.6 is 0 Å². The van der Waals surface area contributed by atoms with Gasteiger partial charge in [-0.05, 0) is 6.07 Å². The van der Waals surface area contributed by atoms with Crippen LogP contribution in [0, 0.1) is 0 Å². The molecule has 0 saturated heterocycles. The van der Waals surface area contributed by atoms with Crippen molar-refractivity contribution in [2.24, 2.45) is 0 Å². The molecule has 0 spiro atoms. The summed E-state index contributed by atoms with van der Waals surface area (Å²) in [6.07, 6.45) is 0. The Morgan fingerprint density at radius 3 is 2.32 bits per heavy atom. The Morgan fingerprint density at radius 1 is 1.11 bits per heavy atom. The van der Waals surface area contributed by atoms with E-state index in [4.69, 9.17) is 14.2 Å². The van der Waals surface area contributed by atoms with Crippen molar-refractivity contribution in [1.82, 2.24) is 0 Å². The fraction of sp³-hybridized carbons (Fsp3) is 0.571. The van der Waals surface area contributed by atoms with E-state index in [0.29, 0.717) is 11.8 Å². The smallest absolute Gasteiger partial charge is 0.203 e. The number of rotatable bonds is 4. The second-order valence-corrected chi connectivity index (χ2v) is 5.08. The van der Waals surface area contributed by atoms with E-state index in [2.05, 4.69) is 25.5 Å². The molecule has 5 nitrogen and oxygen atoms in total. The Morgan fingerprint density at radius 2 is 1.79 bits per heavy atom. The lowest BCUT2D eigenvalue weighted by Gasteiger charge is -2.29. The first-order valence-corrected chi connectivity index (χ1v) is 6.57. The maximum atomic E-state index is 5.63. The molecule has 3 N–H and O–H groups in total. The zero-order chi connectivity index (χ0) is 14.0. The third-order valence-electron chi connectivity index (χ3n) is 3.77. The number of hydrogen-bond donors (Lipinski definition) is 2. The van der Waals surface area contributed by atoms with E-state index in [1.807, 2.05) is 0 Å². The van der Waals surface area contributed by atoms with Gasteiger partial charge in [0.1, 0.15) is 13.1 Å². The van der Waals surface area contributed by atoms with Crippen LogP contribution in [0.2, 0.25) is 0 Å². The van der Waals surface area contributed by atoms with Gasteiger partial charge in [-0.2, -0.15) is 0 Å². The number of methoxy groups -OCH3 is 3. The molecule has 1 aliphatic heterocycles. The van der Waals surface area contributed by atoms with E-state index in [1.54, 1.807) is 21.3 Å². The molecule has 0 unspecified atom stereocenters. The topological polar surface area (TPSA) is 48.7 Å². The van der Waals surface area contributed by atoms with E-state index < -0.39 is 0 Å². The number of quaternary nitrogens is 2. The molecule has 2 rings (SSSR count). The van der Waals surface area contributed by atoms with E-state index >= 15 is 0 Å². The van der Waals surface area contributed by atoms with Crippen molar-refractivity contribution in [3.63, 3.8) is 0 Å². The molecule has 1 aromatic rings. The summed E-state index contributed by atoms with van der Waals surface area (Å²) in [4.78, 5) is 1.39. The van der Waals surface area contributed by atoms with Crippen LogP contribution in [-0.2, 0) is 6.54 Å². The molecular weight excluding hydrogens is 244 g/mol. The van der Waals surface area contributed by atoms with Crippen LogP contribution < -0.4 is 24.4 Å². The second-order valence-electron chi connectivity index (χ2n) is 5.08. The predicted molar refractivity (Wildman–Crippen MR) is 72.1 cm³/mol. The first kappa shape index (κ1) is 14.0. The molecule has 5 heteroatoms. The van der Waals surface area contributed by atoms with Crippen LogP contribution in [0.15, 0.2) is 6.07 Å². The van der Waals surface area contributed by atoms with Gasteiger partial charge in [0.25, 0.3) is 0 Å². The van der Waals surface area contributed by atoms with Gasteiger partial charge >= 0.3 is 0 Å². The summed E-state index contributed by atoms with van der Waals surface area (Å²) >= 11 is 0. The zero-order valence-electron chi connectivity index (χ0n) is 12.4. The van der Waals surface area contributed by atoms with Gasteiger partial charge in [-0.25, -0.2) is 0 Å². The van der Waals surface area contributed by atoms with Gasteiger partial charge in [-0.15, -0.1) is 0 Å². The Bertz CT molecular complexity index is 460. The maximum Gasteiger partial charge on any atom is 0.203 e. The second kappa shape index (κ2) is 5.67. The Balaban J connectivity index is 2.65. The monoisotopic (exact) mass is 268 g/mol. The van der Waals surface area contributed by atoms with Gasteiger partial charge in [0.05, 0.1) is 41.0 Å². The normalized spacial score (nSPS) is 18.1. The van der Waals surface area contributed by atoms with Crippen LogP contribution in [0.4, 0.5) is 0 Å². The average Bonchev–Trinajstić information content (AvgIpc) is 2.43. The Hall–Kier alpha value is -1.46. The first-order chi connectivity index (χ1) is 9.13. The predicted octanol–water partition coefficient (Wildman–Crippen LogP) is -1.02. The third-order valence-corrected chi connectivity index (χ3v) is 3.77. The molecule has 1 aromatic carbocycles. The molecule has 0 amide bonds. The fourth-order valence-electron chi connectivity index (χ4n) is 2.83. The van der Waals surface area contributed by atoms with Crippen LogP contribution in [0.25, 0.3) is 0 Å². The zero-order valence-corrected chi connectivity index (χ0v) is 12.4. The SMILES string of the molecule is COc1cc2c(c(OC)c1OC)[C@@H]([NH+](C)C)C[NH2+]C2. The van der Waals surface area contributed by atoms with Crippen LogP contribution in [0.5, 0.6) is 17.2 Å². The summed E-state index contributed by atoms with van der Waals surface area (Å²) in [6, 6.07) is 2.47. The molecular formula is C14H24N2O3+2. The lowest BCUT2D eigenvalue weighted by atomic mass is 9.94. The molecule has 19 heavy (non-hydrogen) atoms. The summed E-state index contributed by atoms with van der Waals surface area (Å²) < 4.78 is 16.5. The quantitative estimate of drug-likeness (QED) is 0.734. The van der Waals surface area contributed by atoms with Crippen molar-refractivity contribution in [2.75, 3.05) is 42.0 Å². The van der Waals surface area contributed by atoms with Crippen molar-refractivity contribution < 1.29 is 24.4 Å². The minimum Gasteiger partial charge on any atom is -0.493 e. The summed E-state index contributed by atoms with van der Waals surface area (Å²) in [5, 5.41) is 2.32. The molecule has 0 saturated carbocycles. The van der Waals surface area contributed by atoms with Gasteiger partial charge in [-0.1, -0.05) is 0 Å². The highest BCUT2D eigenvalue weighted by molar-refractivity contribution is 5.60. The van der Waals surface area contributed by atoms with Crippen molar-refractivity contribution >= 4 is 0 Å². The minimum absolute atomic E-state index is 0.401. The molecule has 106 valence electrons. The molecule has 0 aliphatic carbocycles. The summed E-state index contributed by atoms with van der Waals surface area (Å²) in [5.74, 6) is 2.24. The number of benzene rings is 1. The first-order valence-electron chi connectivity index (χ1n) is 6.57. The summed E-state index contributed by atoms with van der Waals surface area (Å²) in [5.41, 5.74) is 2.52. The van der Waals surface area contributed by atoms with E-state index in [9.17, 15) is 0 Å². The van der Waals surface area contributed by atoms with E-state index in [0.717, 1.165) is 24.6 Å². The standard InChI is InChI=1S/C14H22N2O3/c1-16(2)10-8-15-7-9-6-11(17-3)13(18-4)14(19-5)12(9)10/h6,10,15H,7-8H2,1-5H3/p+2/t10-/m0/s1. The van der Waals surface area contributed by atoms with Crippen molar-refractivity contribution in [3.05, 3.63) is 17.2 Å². The molecule has 1 atom stereocenters. The number of nitrogens with one attached hydrogen (secondary N) is 1. The molecule has 0 fully saturated rings. The average molecular weight is 268 g/mol. The highest BCUT2D eigenvalue weighted by atomic mass is 16.5. The summed E-state index contributed by atoms with van der Waals surface area (Å²) in [6.45, 7) is 2.01. The molecule has 0 aromatic heterocycles. The summed E-state index contributed by atoms with van der Waals surface area (Å²) in [7, 11) is 9.34. The number of ether oxygens (including phenoxy) is 3. The van der Waals surface area contributed by atoms with Crippen molar-refractivity contribution in [3.8, 4) is 17.2 Å². The van der Waals surface area contributed by atoms with Crippen molar-refractivity contribution in [2.45, 2.75) is 12.6 Å².